The van der Waals surface area contributed by atoms with Gasteiger partial charge in [-0.1, -0.05) is 57.5 Å². The highest BCUT2D eigenvalue weighted by Gasteiger charge is 2.24. The molecule has 0 radical (unpaired) electrons. The Bertz CT molecular complexity index is 1540. The maximum atomic E-state index is 13.6. The normalized spacial score (nSPS) is 12.7. The number of carbonyl (C=O) groups excluding carboxylic acids is 1. The Kier molecular flexibility index (Phi) is 11.6. The summed E-state index contributed by atoms with van der Waals surface area (Å²) in [5.41, 5.74) is 4.07. The second-order valence-electron chi connectivity index (χ2n) is 9.35. The number of benzene rings is 2. The number of hydrogen-bond donors (Lipinski definition) is 1. The second kappa shape index (κ2) is 14.9. The molecule has 4 aromatic rings. The van der Waals surface area contributed by atoms with Crippen LogP contribution in [-0.4, -0.2) is 23.9 Å². The quantitative estimate of drug-likeness (QED) is 0.188. The SMILES string of the molecule is C=Cc1c(/C(=C\C)C(=O)N[C@H](CC)c2cc(Br)cn2S(=O)c2ccc(C)cc2)cnn1-c1ccc(F)cc1.CCC. The third-order valence-corrected chi connectivity index (χ3v) is 7.93. The first-order valence-corrected chi connectivity index (χ1v) is 15.4. The van der Waals surface area contributed by atoms with Gasteiger partial charge in [0.2, 0.25) is 0 Å². The van der Waals surface area contributed by atoms with E-state index in [0.717, 1.165) is 10.0 Å². The number of amides is 1. The zero-order valence-corrected chi connectivity index (χ0v) is 26.4. The lowest BCUT2D eigenvalue weighted by atomic mass is 10.0. The minimum atomic E-state index is -1.49. The number of carbonyl (C=O) groups is 1. The van der Waals surface area contributed by atoms with Gasteiger partial charge >= 0.3 is 0 Å². The molecule has 0 aliphatic rings. The molecule has 1 N–H and O–H groups in total. The lowest BCUT2D eigenvalue weighted by molar-refractivity contribution is -0.116. The number of nitrogens with zero attached hydrogens (tertiary/aromatic N) is 3. The van der Waals surface area contributed by atoms with Crippen molar-refractivity contribution in [3.05, 3.63) is 112 Å². The van der Waals surface area contributed by atoms with Crippen molar-refractivity contribution >= 4 is 44.5 Å². The van der Waals surface area contributed by atoms with Crippen molar-refractivity contribution in [3.8, 4) is 5.69 Å². The van der Waals surface area contributed by atoms with E-state index in [-0.39, 0.29) is 11.7 Å². The molecule has 0 fully saturated rings. The molecule has 2 heterocycles. The zero-order chi connectivity index (χ0) is 30.1. The van der Waals surface area contributed by atoms with Gasteiger partial charge in [0.15, 0.2) is 11.0 Å². The van der Waals surface area contributed by atoms with E-state index in [0.29, 0.717) is 39.5 Å². The van der Waals surface area contributed by atoms with E-state index in [1.807, 2.05) is 44.2 Å². The Balaban J connectivity index is 0.00000147. The fourth-order valence-electron chi connectivity index (χ4n) is 4.17. The molecule has 0 aliphatic heterocycles. The van der Waals surface area contributed by atoms with Crippen molar-refractivity contribution in [1.29, 1.82) is 0 Å². The van der Waals surface area contributed by atoms with Crippen molar-refractivity contribution in [1.82, 2.24) is 19.1 Å². The van der Waals surface area contributed by atoms with Gasteiger partial charge in [-0.15, -0.1) is 0 Å². The third kappa shape index (κ3) is 7.59. The van der Waals surface area contributed by atoms with Crippen LogP contribution in [0.1, 0.15) is 69.1 Å². The standard InChI is InChI=1S/C29H28BrFN4O2S.C3H8/c1-5-24(25-17-32-35(27(25)7-3)22-12-10-21(31)11-13-22)29(36)33-26(6-2)28-16-20(30)18-34(28)38(37)23-14-8-19(4)9-15-23;1-3-2/h5,7-18,26H,3,6H2,1-2,4H3,(H,33,36);3H2,1-2H3/b24-5+;/t26-,38?;/m1./s1. The van der Waals surface area contributed by atoms with E-state index < -0.39 is 17.0 Å². The first kappa shape index (κ1) is 32.0. The average Bonchev–Trinajstić information content (AvgIpc) is 3.56. The largest absolute Gasteiger partial charge is 0.344 e. The summed E-state index contributed by atoms with van der Waals surface area (Å²) in [5, 5.41) is 7.53. The maximum absolute atomic E-state index is 13.6. The van der Waals surface area contributed by atoms with Crippen molar-refractivity contribution in [2.75, 3.05) is 0 Å². The van der Waals surface area contributed by atoms with Crippen LogP contribution in [0.25, 0.3) is 17.3 Å². The zero-order valence-electron chi connectivity index (χ0n) is 24.0. The Morgan fingerprint density at radius 1 is 1.15 bits per heavy atom. The highest BCUT2D eigenvalue weighted by Crippen LogP contribution is 2.28. The molecule has 6 nitrogen and oxygen atoms in total. The van der Waals surface area contributed by atoms with Crippen LogP contribution in [0, 0.1) is 12.7 Å². The molecule has 0 saturated carbocycles. The van der Waals surface area contributed by atoms with E-state index in [4.69, 9.17) is 0 Å². The fourth-order valence-corrected chi connectivity index (χ4v) is 5.93. The predicted octanol–water partition coefficient (Wildman–Crippen LogP) is 8.18. The summed E-state index contributed by atoms with van der Waals surface area (Å²) in [6.07, 6.45) is 8.53. The number of nitrogens with one attached hydrogen (secondary N) is 1. The molecule has 2 aromatic heterocycles. The number of rotatable bonds is 9. The molecule has 0 spiro atoms. The van der Waals surface area contributed by atoms with Gasteiger partial charge < -0.3 is 5.32 Å². The van der Waals surface area contributed by atoms with Gasteiger partial charge in [-0.3, -0.25) is 8.77 Å². The molecule has 9 heteroatoms. The van der Waals surface area contributed by atoms with Crippen LogP contribution in [-0.2, 0) is 15.8 Å². The summed E-state index contributed by atoms with van der Waals surface area (Å²) in [5.74, 6) is -0.647. The van der Waals surface area contributed by atoms with Gasteiger partial charge in [-0.05, 0) is 84.7 Å². The van der Waals surface area contributed by atoms with E-state index in [1.165, 1.54) is 18.6 Å². The Hall–Kier alpha value is -3.56. The third-order valence-electron chi connectivity index (χ3n) is 6.15. The Morgan fingerprint density at radius 3 is 2.34 bits per heavy atom. The smallest absolute Gasteiger partial charge is 0.252 e. The van der Waals surface area contributed by atoms with Crippen molar-refractivity contribution in [2.24, 2.45) is 0 Å². The summed E-state index contributed by atoms with van der Waals surface area (Å²) in [6, 6.07) is 14.9. The van der Waals surface area contributed by atoms with Gasteiger partial charge in [0.05, 0.1) is 34.2 Å². The van der Waals surface area contributed by atoms with Crippen molar-refractivity contribution in [3.63, 3.8) is 0 Å². The topological polar surface area (TPSA) is 68.9 Å². The van der Waals surface area contributed by atoms with Crippen LogP contribution >= 0.6 is 15.9 Å². The van der Waals surface area contributed by atoms with Gasteiger partial charge in [-0.25, -0.2) is 13.3 Å². The number of allylic oxidation sites excluding steroid dienone is 1. The molecule has 0 aliphatic carbocycles. The molecular weight excluding hydrogens is 603 g/mol. The van der Waals surface area contributed by atoms with Crippen LogP contribution in [0.5, 0.6) is 0 Å². The van der Waals surface area contributed by atoms with E-state index in [1.54, 1.807) is 52.3 Å². The van der Waals surface area contributed by atoms with E-state index in [9.17, 15) is 13.4 Å². The summed E-state index contributed by atoms with van der Waals surface area (Å²) in [6.45, 7) is 13.9. The van der Waals surface area contributed by atoms with E-state index in [2.05, 4.69) is 46.8 Å². The summed E-state index contributed by atoms with van der Waals surface area (Å²) < 4.78 is 30.9. The van der Waals surface area contributed by atoms with Crippen molar-refractivity contribution < 1.29 is 13.4 Å². The van der Waals surface area contributed by atoms with E-state index >= 15 is 0 Å². The lowest BCUT2D eigenvalue weighted by Gasteiger charge is -2.20. The Labute approximate surface area is 252 Å². The second-order valence-corrected chi connectivity index (χ2v) is 11.6. The monoisotopic (exact) mass is 638 g/mol. The van der Waals surface area contributed by atoms with Gasteiger partial charge in [0.25, 0.3) is 5.91 Å². The van der Waals surface area contributed by atoms with Crippen LogP contribution in [0.4, 0.5) is 4.39 Å². The fraction of sp³-hybridized carbons (Fsp3) is 0.250. The van der Waals surface area contributed by atoms with Crippen LogP contribution in [0.3, 0.4) is 0 Å². The predicted molar refractivity (Wildman–Crippen MR) is 170 cm³/mol. The number of hydrogen-bond acceptors (Lipinski definition) is 3. The molecule has 4 rings (SSSR count). The lowest BCUT2D eigenvalue weighted by Crippen LogP contribution is -2.30. The first-order chi connectivity index (χ1) is 19.7. The molecule has 0 bridgehead atoms. The number of aryl methyl sites for hydroxylation is 1. The summed E-state index contributed by atoms with van der Waals surface area (Å²) in [4.78, 5) is 14.2. The molecule has 1 unspecified atom stereocenters. The van der Waals surface area contributed by atoms with Crippen LogP contribution < -0.4 is 5.32 Å². The van der Waals surface area contributed by atoms with Gasteiger partial charge in [0.1, 0.15) is 5.82 Å². The highest BCUT2D eigenvalue weighted by molar-refractivity contribution is 9.10. The molecule has 0 saturated heterocycles. The maximum Gasteiger partial charge on any atom is 0.252 e. The van der Waals surface area contributed by atoms with Crippen LogP contribution in [0.15, 0.2) is 89.0 Å². The molecule has 2 aromatic carbocycles. The molecule has 41 heavy (non-hydrogen) atoms. The molecular formula is C32H36BrFN4O2S. The van der Waals surface area contributed by atoms with Crippen molar-refractivity contribution in [2.45, 2.75) is 58.4 Å². The first-order valence-electron chi connectivity index (χ1n) is 13.5. The Morgan fingerprint density at radius 2 is 1.78 bits per heavy atom. The summed E-state index contributed by atoms with van der Waals surface area (Å²) in [7, 11) is -1.49. The summed E-state index contributed by atoms with van der Waals surface area (Å²) >= 11 is 3.50. The average molecular weight is 640 g/mol. The van der Waals surface area contributed by atoms with Gasteiger partial charge in [0, 0.05) is 21.8 Å². The highest BCUT2D eigenvalue weighted by atomic mass is 79.9. The van der Waals surface area contributed by atoms with Crippen LogP contribution in [0.2, 0.25) is 0 Å². The van der Waals surface area contributed by atoms with Gasteiger partial charge in [-0.2, -0.15) is 5.10 Å². The molecule has 216 valence electrons. The minimum absolute atomic E-state index is 0.300. The molecule has 2 atom stereocenters. The number of aromatic nitrogens is 3. The number of halogens is 2. The minimum Gasteiger partial charge on any atom is -0.344 e. The molecule has 1 amide bonds.